The number of fused-ring (bicyclic) bond motifs is 8. The molecule has 3 aliphatic rings. The Hall–Kier alpha value is -3.46. The molecule has 2 aromatic heterocycles. The van der Waals surface area contributed by atoms with Crippen molar-refractivity contribution >= 4 is 17.1 Å². The zero-order valence-electron chi connectivity index (χ0n) is 15.3. The first-order valence-electron chi connectivity index (χ1n) is 9.80. The fraction of sp³-hybridized carbons (Fsp3) is 0.120. The number of hydrogen-bond acceptors (Lipinski definition) is 3. The molecule has 4 aromatic rings. The van der Waals surface area contributed by atoms with Gasteiger partial charge in [0, 0.05) is 43.2 Å². The van der Waals surface area contributed by atoms with Crippen LogP contribution in [0.2, 0.25) is 0 Å². The van der Waals surface area contributed by atoms with E-state index in [4.69, 9.17) is 0 Å². The third-order valence-corrected chi connectivity index (χ3v) is 6.41. The smallest absolute Gasteiger partial charge is 0.0578 e. The maximum absolute atomic E-state index is 4.54. The fourth-order valence-corrected chi connectivity index (χ4v) is 5.27. The monoisotopic (exact) mass is 359 g/mol. The standard InChI is InChI=1S/C25H17N3/c1-2-4-21-15(3-1)9-16-5-6-17-10-19-13-27-14-20-11-18-12-26-8-7-22(18)28(24(19)20)25(17)23(16)21/h1-8,12-14H,9-11H2. The lowest BCUT2D eigenvalue weighted by molar-refractivity contribution is 0.977. The summed E-state index contributed by atoms with van der Waals surface area (Å²) in [6, 6.07) is 15.7. The van der Waals surface area contributed by atoms with Crippen LogP contribution in [0.4, 0.5) is 17.1 Å². The first-order chi connectivity index (χ1) is 13.9. The molecule has 0 unspecified atom stereocenters. The predicted molar refractivity (Wildman–Crippen MR) is 111 cm³/mol. The first kappa shape index (κ1) is 14.6. The van der Waals surface area contributed by atoms with Crippen molar-refractivity contribution in [2.45, 2.75) is 19.3 Å². The van der Waals surface area contributed by atoms with Crippen molar-refractivity contribution in [1.82, 2.24) is 9.97 Å². The van der Waals surface area contributed by atoms with Crippen molar-refractivity contribution in [2.75, 3.05) is 4.90 Å². The van der Waals surface area contributed by atoms with Gasteiger partial charge in [0.15, 0.2) is 0 Å². The van der Waals surface area contributed by atoms with Gasteiger partial charge in [-0.3, -0.25) is 9.97 Å². The third kappa shape index (κ3) is 1.74. The Morgan fingerprint density at radius 2 is 1.36 bits per heavy atom. The van der Waals surface area contributed by atoms with Gasteiger partial charge in [-0.05, 0) is 51.4 Å². The molecule has 7 rings (SSSR count). The molecular formula is C25H17N3. The number of hydrogen-bond donors (Lipinski definition) is 0. The maximum atomic E-state index is 4.54. The van der Waals surface area contributed by atoms with Crippen LogP contribution in [0.5, 0.6) is 0 Å². The van der Waals surface area contributed by atoms with Gasteiger partial charge < -0.3 is 4.90 Å². The van der Waals surface area contributed by atoms with Crippen LogP contribution in [0, 0.1) is 0 Å². The van der Waals surface area contributed by atoms with Crippen molar-refractivity contribution in [3.8, 4) is 11.1 Å². The van der Waals surface area contributed by atoms with Crippen LogP contribution in [-0.2, 0) is 19.3 Å². The number of pyridine rings is 2. The average Bonchev–Trinajstić information content (AvgIpc) is 3.12. The summed E-state index contributed by atoms with van der Waals surface area (Å²) in [5.41, 5.74) is 14.9. The summed E-state index contributed by atoms with van der Waals surface area (Å²) in [5.74, 6) is 0. The molecular weight excluding hydrogens is 342 g/mol. The SMILES string of the molecule is c1ccc2c(c1)Cc1ccc3c(c1-2)N1c2ccncc2Cc2cncc(c21)C3. The van der Waals surface area contributed by atoms with Crippen molar-refractivity contribution in [1.29, 1.82) is 0 Å². The Kier molecular flexibility index (Phi) is 2.64. The van der Waals surface area contributed by atoms with Crippen LogP contribution in [0.3, 0.4) is 0 Å². The summed E-state index contributed by atoms with van der Waals surface area (Å²) in [5, 5.41) is 0. The van der Waals surface area contributed by atoms with E-state index in [1.165, 1.54) is 61.6 Å². The molecule has 0 saturated heterocycles. The Labute approximate surface area is 163 Å². The maximum Gasteiger partial charge on any atom is 0.0578 e. The molecule has 2 aliphatic heterocycles. The highest BCUT2D eigenvalue weighted by atomic mass is 15.2. The summed E-state index contributed by atoms with van der Waals surface area (Å²) in [6.45, 7) is 0. The Bertz CT molecular complexity index is 1290. The molecule has 132 valence electrons. The Morgan fingerprint density at radius 1 is 0.607 bits per heavy atom. The molecule has 0 fully saturated rings. The molecule has 3 nitrogen and oxygen atoms in total. The number of aromatic nitrogens is 2. The second-order valence-electron chi connectivity index (χ2n) is 7.94. The summed E-state index contributed by atoms with van der Waals surface area (Å²) < 4.78 is 0. The van der Waals surface area contributed by atoms with Gasteiger partial charge in [-0.25, -0.2) is 0 Å². The Morgan fingerprint density at radius 3 is 2.29 bits per heavy atom. The summed E-state index contributed by atoms with van der Waals surface area (Å²) in [4.78, 5) is 11.4. The third-order valence-electron chi connectivity index (χ3n) is 6.41. The van der Waals surface area contributed by atoms with Gasteiger partial charge in [-0.2, -0.15) is 0 Å². The van der Waals surface area contributed by atoms with Gasteiger partial charge in [0.1, 0.15) is 0 Å². The molecule has 0 atom stereocenters. The topological polar surface area (TPSA) is 29.0 Å². The van der Waals surface area contributed by atoms with Gasteiger partial charge in [0.05, 0.1) is 17.1 Å². The Balaban J connectivity index is 1.60. The van der Waals surface area contributed by atoms with Crippen molar-refractivity contribution < 1.29 is 0 Å². The van der Waals surface area contributed by atoms with E-state index in [0.29, 0.717) is 0 Å². The lowest BCUT2D eigenvalue weighted by Gasteiger charge is -2.40. The zero-order chi connectivity index (χ0) is 18.2. The van der Waals surface area contributed by atoms with Crippen LogP contribution < -0.4 is 4.90 Å². The second-order valence-corrected chi connectivity index (χ2v) is 7.94. The molecule has 1 aliphatic carbocycles. The van der Waals surface area contributed by atoms with E-state index >= 15 is 0 Å². The van der Waals surface area contributed by atoms with Gasteiger partial charge in [0.2, 0.25) is 0 Å². The van der Waals surface area contributed by atoms with Crippen LogP contribution in [0.1, 0.15) is 33.4 Å². The van der Waals surface area contributed by atoms with E-state index in [1.807, 2.05) is 24.8 Å². The molecule has 0 bridgehead atoms. The van der Waals surface area contributed by atoms with E-state index in [-0.39, 0.29) is 0 Å². The minimum atomic E-state index is 0.900. The predicted octanol–water partition coefficient (Wildman–Crippen LogP) is 5.33. The van der Waals surface area contributed by atoms with Crippen LogP contribution >= 0.6 is 0 Å². The van der Waals surface area contributed by atoms with Gasteiger partial charge in [-0.15, -0.1) is 0 Å². The number of benzene rings is 2. The van der Waals surface area contributed by atoms with Gasteiger partial charge >= 0.3 is 0 Å². The molecule has 0 amide bonds. The van der Waals surface area contributed by atoms with Crippen LogP contribution in [0.15, 0.2) is 67.3 Å². The van der Waals surface area contributed by atoms with Gasteiger partial charge in [-0.1, -0.05) is 36.4 Å². The fourth-order valence-electron chi connectivity index (χ4n) is 5.27. The number of anilines is 3. The van der Waals surface area contributed by atoms with Gasteiger partial charge in [0.25, 0.3) is 0 Å². The summed E-state index contributed by atoms with van der Waals surface area (Å²) >= 11 is 0. The number of nitrogens with zero attached hydrogens (tertiary/aromatic N) is 3. The molecule has 0 radical (unpaired) electrons. The van der Waals surface area contributed by atoms with Crippen LogP contribution in [-0.4, -0.2) is 9.97 Å². The lowest BCUT2D eigenvalue weighted by atomic mass is 9.86. The quantitative estimate of drug-likeness (QED) is 0.367. The average molecular weight is 359 g/mol. The summed E-state index contributed by atoms with van der Waals surface area (Å²) in [7, 11) is 0. The minimum Gasteiger partial charge on any atom is -0.308 e. The van der Waals surface area contributed by atoms with Crippen molar-refractivity contribution in [3.05, 3.63) is 101 Å². The molecule has 4 heterocycles. The highest BCUT2D eigenvalue weighted by Crippen LogP contribution is 2.55. The molecule has 0 spiro atoms. The van der Waals surface area contributed by atoms with Crippen LogP contribution in [0.25, 0.3) is 11.1 Å². The van der Waals surface area contributed by atoms with Crippen molar-refractivity contribution in [3.63, 3.8) is 0 Å². The lowest BCUT2D eigenvalue weighted by Crippen LogP contribution is -2.25. The second kappa shape index (κ2) is 5.08. The highest BCUT2D eigenvalue weighted by molar-refractivity contribution is 5.98. The molecule has 3 heteroatoms. The summed E-state index contributed by atoms with van der Waals surface area (Å²) in [6.07, 6.45) is 10.9. The minimum absolute atomic E-state index is 0.900. The largest absolute Gasteiger partial charge is 0.308 e. The first-order valence-corrected chi connectivity index (χ1v) is 9.80. The van der Waals surface area contributed by atoms with E-state index in [9.17, 15) is 0 Å². The molecule has 0 N–H and O–H groups in total. The normalized spacial score (nSPS) is 14.6. The highest BCUT2D eigenvalue weighted by Gasteiger charge is 2.35. The van der Waals surface area contributed by atoms with E-state index in [2.05, 4.69) is 57.3 Å². The van der Waals surface area contributed by atoms with E-state index in [1.54, 1.807) is 0 Å². The van der Waals surface area contributed by atoms with E-state index < -0.39 is 0 Å². The zero-order valence-corrected chi connectivity index (χ0v) is 15.3. The molecule has 28 heavy (non-hydrogen) atoms. The molecule has 2 aromatic carbocycles. The number of rotatable bonds is 0. The molecule has 0 saturated carbocycles. The van der Waals surface area contributed by atoms with E-state index in [0.717, 1.165) is 19.3 Å². The van der Waals surface area contributed by atoms with Crippen molar-refractivity contribution in [2.24, 2.45) is 0 Å².